The second kappa shape index (κ2) is 8.99. The van der Waals surface area contributed by atoms with Crippen LogP contribution in [-0.2, 0) is 0 Å². The zero-order chi connectivity index (χ0) is 26.4. The average Bonchev–Trinajstić information content (AvgIpc) is 3.27. The minimum Gasteiger partial charge on any atom is -0.545 e. The number of carbonyl (C=O) groups is 1. The molecule has 0 atom stereocenters. The van der Waals surface area contributed by atoms with Crippen LogP contribution >= 0.6 is 11.6 Å². The summed E-state index contributed by atoms with van der Waals surface area (Å²) in [5.74, 6) is -2.16. The number of halogens is 3. The number of carboxylic acids is 1. The lowest BCUT2D eigenvalue weighted by Gasteiger charge is -2.11. The van der Waals surface area contributed by atoms with Gasteiger partial charge in [-0.3, -0.25) is 14.9 Å². The molecule has 2 aromatic heterocycles. The highest BCUT2D eigenvalue weighted by Crippen LogP contribution is 2.40. The molecule has 2 heterocycles. The van der Waals surface area contributed by atoms with E-state index >= 15 is 0 Å². The summed E-state index contributed by atoms with van der Waals surface area (Å²) in [5.41, 5.74) is -1.86. The topological polar surface area (TPSA) is 141 Å². The fourth-order valence-electron chi connectivity index (χ4n) is 3.91. The second-order valence-corrected chi connectivity index (χ2v) is 8.07. The Morgan fingerprint density at radius 1 is 1.03 bits per heavy atom. The van der Waals surface area contributed by atoms with Crippen LogP contribution in [0.25, 0.3) is 38.9 Å². The Morgan fingerprint density at radius 3 is 2.30 bits per heavy atom. The quantitative estimate of drug-likeness (QED) is 0.235. The molecule has 5 rings (SSSR count). The normalized spacial score (nSPS) is 11.4. The van der Waals surface area contributed by atoms with E-state index in [1.165, 1.54) is 24.3 Å². The molecule has 0 aliphatic heterocycles. The smallest absolute Gasteiger partial charge is 0.387 e. The Balaban J connectivity index is 1.93. The van der Waals surface area contributed by atoms with Crippen molar-refractivity contribution in [2.24, 2.45) is 0 Å². The number of rotatable bonds is 6. The Labute approximate surface area is 209 Å². The third-order valence-corrected chi connectivity index (χ3v) is 5.74. The minimum atomic E-state index is -3.27. The molecule has 0 saturated heterocycles. The van der Waals surface area contributed by atoms with Crippen molar-refractivity contribution in [3.05, 3.63) is 91.7 Å². The summed E-state index contributed by atoms with van der Waals surface area (Å²) in [6, 6.07) is 13.0. The van der Waals surface area contributed by atoms with E-state index in [2.05, 4.69) is 9.84 Å². The van der Waals surface area contributed by atoms with Crippen LogP contribution in [0.5, 0.6) is 5.75 Å². The standard InChI is InChI=1S/C24H12ClF2N3O7/c25-12-3-1-11(2-4-12)19-18-17-15(23(32)33)9-10-16(36-24(26)27)20(17)37-21(18)22(31)29(28-19)13-5-7-14(8-6-13)30(34)35/h1-10,24H,(H,32,33)/p-1. The monoisotopic (exact) mass is 526 g/mol. The zero-order valence-electron chi connectivity index (χ0n) is 18.2. The van der Waals surface area contributed by atoms with Crippen molar-refractivity contribution in [1.29, 1.82) is 0 Å². The molecule has 0 aliphatic rings. The molecular formula is C24H11ClF2N3O7-. The van der Waals surface area contributed by atoms with Gasteiger partial charge >= 0.3 is 12.2 Å². The summed E-state index contributed by atoms with van der Waals surface area (Å²) in [4.78, 5) is 35.8. The van der Waals surface area contributed by atoms with Crippen molar-refractivity contribution in [1.82, 2.24) is 9.78 Å². The molecule has 3 aromatic carbocycles. The van der Waals surface area contributed by atoms with E-state index in [0.717, 1.165) is 28.9 Å². The van der Waals surface area contributed by atoms with E-state index in [1.807, 2.05) is 0 Å². The lowest BCUT2D eigenvalue weighted by molar-refractivity contribution is -0.384. The van der Waals surface area contributed by atoms with Gasteiger partial charge in [-0.2, -0.15) is 18.6 Å². The number of furan rings is 1. The molecule has 0 N–H and O–H groups in total. The van der Waals surface area contributed by atoms with Crippen LogP contribution in [-0.4, -0.2) is 27.3 Å². The molecular weight excluding hydrogens is 516 g/mol. The van der Waals surface area contributed by atoms with Gasteiger partial charge in [0.15, 0.2) is 11.3 Å². The zero-order valence-corrected chi connectivity index (χ0v) is 18.9. The van der Waals surface area contributed by atoms with Crippen LogP contribution in [0, 0.1) is 10.1 Å². The van der Waals surface area contributed by atoms with E-state index in [0.29, 0.717) is 10.6 Å². The molecule has 5 aromatic rings. The number of alkyl halides is 2. The highest BCUT2D eigenvalue weighted by molar-refractivity contribution is 6.30. The number of carboxylic acid groups (broad SMARTS) is 1. The summed E-state index contributed by atoms with van der Waals surface area (Å²) in [6.45, 7) is -3.27. The number of non-ortho nitro benzene ring substituents is 1. The number of ether oxygens (including phenoxy) is 1. The van der Waals surface area contributed by atoms with E-state index < -0.39 is 45.5 Å². The lowest BCUT2D eigenvalue weighted by Crippen LogP contribution is -2.23. The molecule has 186 valence electrons. The first kappa shape index (κ1) is 23.9. The van der Waals surface area contributed by atoms with Crippen LogP contribution in [0.4, 0.5) is 14.5 Å². The highest BCUT2D eigenvalue weighted by atomic mass is 35.5. The molecule has 0 amide bonds. The van der Waals surface area contributed by atoms with Crippen molar-refractivity contribution < 1.29 is 32.8 Å². The van der Waals surface area contributed by atoms with Crippen LogP contribution in [0.15, 0.2) is 69.9 Å². The Hall–Kier alpha value is -4.84. The molecule has 10 nitrogen and oxygen atoms in total. The van der Waals surface area contributed by atoms with Crippen LogP contribution < -0.4 is 15.4 Å². The van der Waals surface area contributed by atoms with Gasteiger partial charge in [0.25, 0.3) is 5.69 Å². The summed E-state index contributed by atoms with van der Waals surface area (Å²) in [7, 11) is 0. The predicted molar refractivity (Wildman–Crippen MR) is 125 cm³/mol. The highest BCUT2D eigenvalue weighted by Gasteiger charge is 2.25. The number of benzene rings is 3. The largest absolute Gasteiger partial charge is 0.545 e. The second-order valence-electron chi connectivity index (χ2n) is 7.63. The number of aromatic carboxylic acids is 1. The molecule has 0 spiro atoms. The number of fused-ring (bicyclic) bond motifs is 3. The maximum atomic E-state index is 13.5. The Bertz CT molecular complexity index is 1760. The van der Waals surface area contributed by atoms with Gasteiger partial charge in [0, 0.05) is 33.7 Å². The molecule has 0 unspecified atom stereocenters. The van der Waals surface area contributed by atoms with Gasteiger partial charge in [0.1, 0.15) is 5.69 Å². The number of nitrogens with zero attached hydrogens (tertiary/aromatic N) is 3. The first-order valence-electron chi connectivity index (χ1n) is 10.3. The molecule has 0 radical (unpaired) electrons. The third-order valence-electron chi connectivity index (χ3n) is 5.48. The van der Waals surface area contributed by atoms with E-state index in [4.69, 9.17) is 16.0 Å². The van der Waals surface area contributed by atoms with E-state index in [-0.39, 0.29) is 27.8 Å². The summed E-state index contributed by atoms with van der Waals surface area (Å²) >= 11 is 6.00. The fourth-order valence-corrected chi connectivity index (χ4v) is 4.03. The number of hydrogen-bond acceptors (Lipinski definition) is 8. The Kier molecular flexibility index (Phi) is 5.80. The van der Waals surface area contributed by atoms with Gasteiger partial charge in [0.2, 0.25) is 5.58 Å². The summed E-state index contributed by atoms with van der Waals surface area (Å²) < 4.78 is 37.2. The fraction of sp³-hybridized carbons (Fsp3) is 0.0417. The van der Waals surface area contributed by atoms with Crippen molar-refractivity contribution in [2.45, 2.75) is 6.61 Å². The number of nitro benzene ring substituents is 1. The molecule has 37 heavy (non-hydrogen) atoms. The van der Waals surface area contributed by atoms with Crippen LogP contribution in [0.2, 0.25) is 5.02 Å². The maximum Gasteiger partial charge on any atom is 0.387 e. The number of hydrogen-bond donors (Lipinski definition) is 0. The lowest BCUT2D eigenvalue weighted by atomic mass is 10.0. The molecule has 0 fully saturated rings. The number of carbonyl (C=O) groups excluding carboxylic acids is 1. The molecule has 0 bridgehead atoms. The first-order valence-corrected chi connectivity index (χ1v) is 10.7. The van der Waals surface area contributed by atoms with E-state index in [1.54, 1.807) is 12.1 Å². The predicted octanol–water partition coefficient (Wildman–Crippen LogP) is 4.33. The first-order chi connectivity index (χ1) is 17.7. The van der Waals surface area contributed by atoms with Crippen molar-refractivity contribution in [3.63, 3.8) is 0 Å². The van der Waals surface area contributed by atoms with Gasteiger partial charge in [-0.25, -0.2) is 0 Å². The van der Waals surface area contributed by atoms with Crippen molar-refractivity contribution in [3.8, 4) is 22.7 Å². The van der Waals surface area contributed by atoms with Crippen molar-refractivity contribution in [2.75, 3.05) is 0 Å². The third kappa shape index (κ3) is 4.12. The maximum absolute atomic E-state index is 13.5. The van der Waals surface area contributed by atoms with Crippen LogP contribution in [0.1, 0.15) is 10.4 Å². The number of nitro groups is 1. The number of aromatic nitrogens is 2. The van der Waals surface area contributed by atoms with Crippen LogP contribution in [0.3, 0.4) is 0 Å². The van der Waals surface area contributed by atoms with Gasteiger partial charge in [0.05, 0.1) is 22.0 Å². The van der Waals surface area contributed by atoms with Gasteiger partial charge in [-0.1, -0.05) is 23.7 Å². The Morgan fingerprint density at radius 2 is 1.70 bits per heavy atom. The molecule has 13 heteroatoms. The van der Waals surface area contributed by atoms with Gasteiger partial charge in [-0.05, 0) is 36.4 Å². The summed E-state index contributed by atoms with van der Waals surface area (Å²) in [5, 5.41) is 27.4. The average molecular weight is 527 g/mol. The van der Waals surface area contributed by atoms with Gasteiger partial charge < -0.3 is 19.1 Å². The molecule has 0 saturated carbocycles. The summed E-state index contributed by atoms with van der Waals surface area (Å²) in [6.07, 6.45) is 0. The van der Waals surface area contributed by atoms with E-state index in [9.17, 15) is 33.6 Å². The molecule has 0 aliphatic carbocycles. The van der Waals surface area contributed by atoms with Gasteiger partial charge in [-0.15, -0.1) is 0 Å². The van der Waals surface area contributed by atoms with Crippen molar-refractivity contribution >= 4 is 45.2 Å². The SMILES string of the molecule is O=C([O-])c1ccc(OC(F)F)c2oc3c(=O)n(-c4ccc([N+](=O)[O-])cc4)nc(-c4ccc(Cl)cc4)c3c12. The minimum absolute atomic E-state index is 0.0417.